The molecule has 0 fully saturated rings. The zero-order chi connectivity index (χ0) is 23.6. The van der Waals surface area contributed by atoms with Crippen molar-refractivity contribution in [1.29, 1.82) is 0 Å². The number of oxime groups is 1. The van der Waals surface area contributed by atoms with E-state index in [-0.39, 0.29) is 12.5 Å². The minimum Gasteiger partial charge on any atom is -0.490 e. The smallest absolute Gasteiger partial charge is 0.265 e. The van der Waals surface area contributed by atoms with Gasteiger partial charge in [-0.3, -0.25) is 4.79 Å². The van der Waals surface area contributed by atoms with Gasteiger partial charge in [0.1, 0.15) is 6.61 Å². The van der Waals surface area contributed by atoms with Crippen LogP contribution >= 0.6 is 34.2 Å². The number of anilines is 1. The molecule has 0 saturated carbocycles. The molecule has 0 atom stereocenters. The predicted octanol–water partition coefficient (Wildman–Crippen LogP) is 6.22. The summed E-state index contributed by atoms with van der Waals surface area (Å²) in [5.74, 6) is 0.982. The average Bonchev–Trinajstić information content (AvgIpc) is 2.79. The van der Waals surface area contributed by atoms with Gasteiger partial charge in [-0.25, -0.2) is 0 Å². The zero-order valence-electron chi connectivity index (χ0n) is 18.3. The van der Waals surface area contributed by atoms with Crippen LogP contribution in [0.15, 0.2) is 65.8 Å². The molecule has 0 aliphatic heterocycles. The van der Waals surface area contributed by atoms with Crippen LogP contribution in [0.1, 0.15) is 23.6 Å². The van der Waals surface area contributed by atoms with E-state index in [0.717, 1.165) is 14.7 Å². The lowest BCUT2D eigenvalue weighted by Gasteiger charge is -2.15. The molecule has 3 aromatic carbocycles. The van der Waals surface area contributed by atoms with E-state index in [1.54, 1.807) is 24.3 Å². The van der Waals surface area contributed by atoms with Crippen LogP contribution in [0.2, 0.25) is 5.02 Å². The maximum absolute atomic E-state index is 12.0. The molecule has 172 valence electrons. The van der Waals surface area contributed by atoms with Gasteiger partial charge in [0.25, 0.3) is 5.91 Å². The molecule has 33 heavy (non-hydrogen) atoms. The van der Waals surface area contributed by atoms with Crippen molar-refractivity contribution < 1.29 is 19.1 Å². The molecule has 0 aliphatic rings. The first-order valence-corrected chi connectivity index (χ1v) is 11.8. The number of carbonyl (C=O) groups is 1. The Balaban J connectivity index is 1.59. The third-order valence-electron chi connectivity index (χ3n) is 4.44. The number of carbonyl (C=O) groups excluding carboxylic acids is 1. The van der Waals surface area contributed by atoms with Gasteiger partial charge in [0.15, 0.2) is 18.1 Å². The fraction of sp³-hybridized carbons (Fsp3) is 0.200. The molecule has 0 bridgehead atoms. The SMILES string of the molecule is CCOc1cc(/C=N/OCC(=O)Nc2ccc(Cl)cc2)cc(I)c1OCc1ccc(C)cc1. The van der Waals surface area contributed by atoms with E-state index in [2.05, 4.69) is 52.1 Å². The lowest BCUT2D eigenvalue weighted by atomic mass is 10.2. The molecule has 0 heterocycles. The summed E-state index contributed by atoms with van der Waals surface area (Å²) in [6, 6.07) is 18.8. The molecule has 1 amide bonds. The van der Waals surface area contributed by atoms with Gasteiger partial charge in [-0.2, -0.15) is 0 Å². The third-order valence-corrected chi connectivity index (χ3v) is 5.49. The number of amides is 1. The second-order valence-corrected chi connectivity index (χ2v) is 8.70. The Kier molecular flexibility index (Phi) is 9.38. The van der Waals surface area contributed by atoms with Gasteiger partial charge in [0.05, 0.1) is 16.4 Å². The van der Waals surface area contributed by atoms with Crippen molar-refractivity contribution in [3.05, 3.63) is 85.9 Å². The topological polar surface area (TPSA) is 69.2 Å². The van der Waals surface area contributed by atoms with Gasteiger partial charge in [0, 0.05) is 16.3 Å². The molecule has 0 aliphatic carbocycles. The highest BCUT2D eigenvalue weighted by atomic mass is 127. The standard InChI is InChI=1S/C25H24ClIN2O4/c1-3-31-23-13-19(12-22(27)25(23)32-15-18-6-4-17(2)5-7-18)14-28-33-16-24(30)29-21-10-8-20(26)9-11-21/h4-14H,3,15-16H2,1-2H3,(H,29,30)/b28-14+. The highest BCUT2D eigenvalue weighted by Crippen LogP contribution is 2.34. The number of hydrogen-bond donors (Lipinski definition) is 1. The summed E-state index contributed by atoms with van der Waals surface area (Å²) in [4.78, 5) is 17.1. The Morgan fingerprint density at radius 2 is 1.82 bits per heavy atom. The van der Waals surface area contributed by atoms with Gasteiger partial charge in [0.2, 0.25) is 0 Å². The molecular weight excluding hydrogens is 555 g/mol. The molecule has 0 unspecified atom stereocenters. The van der Waals surface area contributed by atoms with Crippen molar-refractivity contribution in [2.45, 2.75) is 20.5 Å². The Hall–Kier alpha value is -2.78. The quantitative estimate of drug-likeness (QED) is 0.176. The summed E-state index contributed by atoms with van der Waals surface area (Å²) < 4.78 is 12.7. The molecular formula is C25H24ClIN2O4. The average molecular weight is 579 g/mol. The number of rotatable bonds is 10. The summed E-state index contributed by atoms with van der Waals surface area (Å²) >= 11 is 8.04. The van der Waals surface area contributed by atoms with Crippen molar-refractivity contribution in [3.8, 4) is 11.5 Å². The molecule has 3 aromatic rings. The van der Waals surface area contributed by atoms with E-state index in [1.165, 1.54) is 11.8 Å². The zero-order valence-corrected chi connectivity index (χ0v) is 21.2. The molecule has 0 aromatic heterocycles. The number of benzene rings is 3. The van der Waals surface area contributed by atoms with Crippen LogP contribution in [-0.2, 0) is 16.2 Å². The third kappa shape index (κ3) is 7.94. The molecule has 8 heteroatoms. The monoisotopic (exact) mass is 578 g/mol. The second-order valence-electron chi connectivity index (χ2n) is 7.10. The number of halogens is 2. The van der Waals surface area contributed by atoms with E-state index in [9.17, 15) is 4.79 Å². The van der Waals surface area contributed by atoms with Crippen LogP contribution in [0.3, 0.4) is 0 Å². The normalized spacial score (nSPS) is 10.8. The van der Waals surface area contributed by atoms with Crippen LogP contribution in [0, 0.1) is 10.5 Å². The first kappa shape index (κ1) is 24.9. The molecule has 0 saturated heterocycles. The molecule has 6 nitrogen and oxygen atoms in total. The molecule has 0 radical (unpaired) electrons. The van der Waals surface area contributed by atoms with Crippen molar-refractivity contribution in [2.24, 2.45) is 5.16 Å². The summed E-state index contributed by atoms with van der Waals surface area (Å²) in [5.41, 5.74) is 3.68. The lowest BCUT2D eigenvalue weighted by Crippen LogP contribution is -2.16. The summed E-state index contributed by atoms with van der Waals surface area (Å²) in [5, 5.41) is 7.21. The number of hydrogen-bond acceptors (Lipinski definition) is 5. The first-order chi connectivity index (χ1) is 15.9. The van der Waals surface area contributed by atoms with Crippen LogP contribution in [0.25, 0.3) is 0 Å². The summed E-state index contributed by atoms with van der Waals surface area (Å²) in [7, 11) is 0. The Morgan fingerprint density at radius 1 is 1.09 bits per heavy atom. The van der Waals surface area contributed by atoms with Crippen molar-refractivity contribution in [3.63, 3.8) is 0 Å². The maximum atomic E-state index is 12.0. The molecule has 3 rings (SSSR count). The van der Waals surface area contributed by atoms with Crippen molar-refractivity contribution in [1.82, 2.24) is 0 Å². The molecule has 1 N–H and O–H groups in total. The van der Waals surface area contributed by atoms with Gasteiger partial charge >= 0.3 is 0 Å². The minimum absolute atomic E-state index is 0.216. The summed E-state index contributed by atoms with van der Waals surface area (Å²) in [6.07, 6.45) is 1.53. The van der Waals surface area contributed by atoms with E-state index in [1.807, 2.05) is 31.2 Å². The van der Waals surface area contributed by atoms with Crippen LogP contribution in [0.4, 0.5) is 5.69 Å². The number of nitrogens with one attached hydrogen (secondary N) is 1. The highest BCUT2D eigenvalue weighted by Gasteiger charge is 2.12. The van der Waals surface area contributed by atoms with E-state index in [0.29, 0.717) is 35.4 Å². The summed E-state index contributed by atoms with van der Waals surface area (Å²) in [6.45, 7) is 4.69. The maximum Gasteiger partial charge on any atom is 0.265 e. The van der Waals surface area contributed by atoms with Crippen LogP contribution < -0.4 is 14.8 Å². The largest absolute Gasteiger partial charge is 0.490 e. The Bertz CT molecular complexity index is 1100. The fourth-order valence-corrected chi connectivity index (χ4v) is 3.74. The lowest BCUT2D eigenvalue weighted by molar-refractivity contribution is -0.120. The van der Waals surface area contributed by atoms with Crippen LogP contribution in [0.5, 0.6) is 11.5 Å². The van der Waals surface area contributed by atoms with Gasteiger partial charge < -0.3 is 19.6 Å². The van der Waals surface area contributed by atoms with E-state index >= 15 is 0 Å². The van der Waals surface area contributed by atoms with Crippen molar-refractivity contribution >= 4 is 52.0 Å². The predicted molar refractivity (Wildman–Crippen MR) is 139 cm³/mol. The number of nitrogens with zero attached hydrogens (tertiary/aromatic N) is 1. The minimum atomic E-state index is -0.320. The Labute approximate surface area is 212 Å². The highest BCUT2D eigenvalue weighted by molar-refractivity contribution is 14.1. The van der Waals surface area contributed by atoms with E-state index in [4.69, 9.17) is 25.9 Å². The van der Waals surface area contributed by atoms with Gasteiger partial charge in [-0.15, -0.1) is 0 Å². The number of ether oxygens (including phenoxy) is 2. The second kappa shape index (κ2) is 12.5. The number of aryl methyl sites for hydroxylation is 1. The van der Waals surface area contributed by atoms with E-state index < -0.39 is 0 Å². The fourth-order valence-electron chi connectivity index (χ4n) is 2.83. The molecule has 0 spiro atoms. The van der Waals surface area contributed by atoms with Gasteiger partial charge in [-0.1, -0.05) is 46.6 Å². The van der Waals surface area contributed by atoms with Crippen molar-refractivity contribution in [2.75, 3.05) is 18.5 Å². The van der Waals surface area contributed by atoms with Crippen LogP contribution in [-0.4, -0.2) is 25.3 Å². The van der Waals surface area contributed by atoms with Gasteiger partial charge in [-0.05, 0) is 78.4 Å². The first-order valence-electron chi connectivity index (χ1n) is 10.3. The Morgan fingerprint density at radius 3 is 2.52 bits per heavy atom.